The van der Waals surface area contributed by atoms with Crippen LogP contribution < -0.4 is 30.0 Å². The van der Waals surface area contributed by atoms with Crippen LogP contribution in [0.15, 0.2) is 72.8 Å². The summed E-state index contributed by atoms with van der Waals surface area (Å²) in [6.45, 7) is 5.09. The Morgan fingerprint density at radius 3 is 1.52 bits per heavy atom. The number of benzene rings is 4. The summed E-state index contributed by atoms with van der Waals surface area (Å²) in [5.41, 5.74) is 10.6. The van der Waals surface area contributed by atoms with E-state index in [1.54, 1.807) is 70.5 Å². The van der Waals surface area contributed by atoms with Gasteiger partial charge in [-0.25, -0.2) is 16.8 Å². The van der Waals surface area contributed by atoms with E-state index in [0.29, 0.717) is 76.4 Å². The Morgan fingerprint density at radius 1 is 0.687 bits per heavy atom. The minimum Gasteiger partial charge on any atom is -0.493 e. The number of rotatable bonds is 17. The van der Waals surface area contributed by atoms with Crippen LogP contribution in [-0.2, 0) is 42.4 Å². The maximum Gasteiger partial charge on any atom is 0.257 e. The van der Waals surface area contributed by atoms with Gasteiger partial charge in [-0.15, -0.1) is 0 Å². The van der Waals surface area contributed by atoms with Crippen LogP contribution in [0.25, 0.3) is 0 Å². The van der Waals surface area contributed by atoms with Crippen LogP contribution in [0.4, 0.5) is 11.4 Å². The van der Waals surface area contributed by atoms with Crippen molar-refractivity contribution in [1.82, 2.24) is 9.80 Å². The van der Waals surface area contributed by atoms with Gasteiger partial charge in [-0.1, -0.05) is 36.4 Å². The Morgan fingerprint density at radius 2 is 1.13 bits per heavy atom. The van der Waals surface area contributed by atoms with Crippen LogP contribution in [0.2, 0.25) is 0 Å². The number of hydrogen-bond donors (Lipinski definition) is 2. The van der Waals surface area contributed by atoms with E-state index in [1.165, 1.54) is 14.2 Å². The van der Waals surface area contributed by atoms with Gasteiger partial charge in [0, 0.05) is 43.1 Å². The molecule has 2 atom stereocenters. The van der Waals surface area contributed by atoms with E-state index in [-0.39, 0.29) is 52.9 Å². The second-order valence-corrected chi connectivity index (χ2v) is 21.6. The molecule has 0 saturated heterocycles. The molecule has 2 heterocycles. The van der Waals surface area contributed by atoms with E-state index in [0.717, 1.165) is 49.3 Å². The molecule has 0 aromatic heterocycles. The third kappa shape index (κ3) is 12.8. The Balaban J connectivity index is 0.000000198. The summed E-state index contributed by atoms with van der Waals surface area (Å²) in [5, 5.41) is 2.72. The number of halogens is 1. The number of nitrogen functional groups attached to an aromatic ring is 1. The smallest absolute Gasteiger partial charge is 0.257 e. The first kappa shape index (κ1) is 50.6. The average Bonchev–Trinajstić information content (AvgIpc) is 4.22. The molecule has 0 radical (unpaired) electrons. The molecule has 19 heteroatoms. The SMILES string of the molecule is CCOc1cc(C(CS(C)(=O)=O)N2Cc3cccc(N)c3C2=O)ccc1OC.CCOc1cc(C(CS(C)(=O)=O)N2Cc3cccc(NC(=O)C4CC4)c3C2=O)ccc1OC.O=C(Cl)C1CC1. The first-order valence-corrected chi connectivity index (χ1v) is 26.3. The zero-order valence-corrected chi connectivity index (χ0v) is 40.8. The van der Waals surface area contributed by atoms with Crippen LogP contribution in [0, 0.1) is 11.8 Å². The normalized spacial score (nSPS) is 16.0. The van der Waals surface area contributed by atoms with Crippen LogP contribution in [-0.4, -0.2) is 101 Å². The predicted octanol–water partition coefficient (Wildman–Crippen LogP) is 6.76. The highest BCUT2D eigenvalue weighted by atomic mass is 35.5. The molecular formula is C48H57ClN4O12S2. The summed E-state index contributed by atoms with van der Waals surface area (Å²) in [6.07, 6.45) is 6.07. The van der Waals surface area contributed by atoms with E-state index in [1.807, 2.05) is 26.0 Å². The first-order valence-electron chi connectivity index (χ1n) is 21.9. The minimum absolute atomic E-state index is 0.00253. The lowest BCUT2D eigenvalue weighted by atomic mass is 10.1. The number of carbonyl (C=O) groups excluding carboxylic acids is 4. The molecule has 2 fully saturated rings. The van der Waals surface area contributed by atoms with E-state index < -0.39 is 31.8 Å². The number of carbonyl (C=O) groups is 4. The quantitative estimate of drug-likeness (QED) is 0.0826. The fourth-order valence-electron chi connectivity index (χ4n) is 7.94. The molecule has 360 valence electrons. The maximum absolute atomic E-state index is 13.5. The molecule has 3 N–H and O–H groups in total. The number of sulfone groups is 2. The zero-order chi connectivity index (χ0) is 48.8. The third-order valence-corrected chi connectivity index (χ3v) is 13.6. The molecule has 0 spiro atoms. The molecule has 16 nitrogen and oxygen atoms in total. The number of nitrogens with zero attached hydrogens (tertiary/aromatic N) is 2. The van der Waals surface area contributed by atoms with Crippen molar-refractivity contribution in [2.75, 3.05) is 62.5 Å². The molecule has 2 aliphatic heterocycles. The summed E-state index contributed by atoms with van der Waals surface area (Å²) < 4.78 is 70.9. The Bertz CT molecular complexity index is 2740. The van der Waals surface area contributed by atoms with Crippen LogP contribution >= 0.6 is 11.6 Å². The van der Waals surface area contributed by atoms with Gasteiger partial charge in [0.1, 0.15) is 19.7 Å². The van der Waals surface area contributed by atoms with Crippen molar-refractivity contribution in [3.63, 3.8) is 0 Å². The van der Waals surface area contributed by atoms with E-state index in [4.69, 9.17) is 36.3 Å². The summed E-state index contributed by atoms with van der Waals surface area (Å²) >= 11 is 5.04. The predicted molar refractivity (Wildman–Crippen MR) is 255 cm³/mol. The Kier molecular flexibility index (Phi) is 16.2. The lowest BCUT2D eigenvalue weighted by molar-refractivity contribution is -0.117. The molecule has 2 saturated carbocycles. The molecule has 2 aliphatic carbocycles. The van der Waals surface area contributed by atoms with Gasteiger partial charge in [0.2, 0.25) is 11.1 Å². The van der Waals surface area contributed by atoms with Crippen LogP contribution in [0.3, 0.4) is 0 Å². The molecule has 4 aromatic carbocycles. The van der Waals surface area contributed by atoms with Crippen LogP contribution in [0.5, 0.6) is 23.0 Å². The number of ether oxygens (including phenoxy) is 4. The number of hydrogen-bond acceptors (Lipinski definition) is 13. The number of nitrogens with two attached hydrogens (primary N) is 1. The topological polar surface area (TPSA) is 218 Å². The molecule has 67 heavy (non-hydrogen) atoms. The Hall–Kier alpha value is -5.85. The van der Waals surface area contributed by atoms with Gasteiger partial charge in [0.25, 0.3) is 11.8 Å². The lowest BCUT2D eigenvalue weighted by Gasteiger charge is -2.28. The maximum atomic E-state index is 13.5. The van der Waals surface area contributed by atoms with Crippen LogP contribution in [0.1, 0.15) is 94.6 Å². The van der Waals surface area contributed by atoms with Crippen molar-refractivity contribution in [2.24, 2.45) is 11.8 Å². The third-order valence-electron chi connectivity index (χ3n) is 11.5. The zero-order valence-electron chi connectivity index (χ0n) is 38.4. The summed E-state index contributed by atoms with van der Waals surface area (Å²) in [7, 11) is -3.73. The molecule has 4 aliphatic rings. The number of anilines is 2. The highest BCUT2D eigenvalue weighted by Crippen LogP contribution is 2.41. The van der Waals surface area contributed by atoms with Gasteiger partial charge in [-0.2, -0.15) is 0 Å². The van der Waals surface area contributed by atoms with E-state index in [2.05, 4.69) is 5.32 Å². The van der Waals surface area contributed by atoms with Crippen molar-refractivity contribution >= 4 is 65.6 Å². The molecule has 2 unspecified atom stereocenters. The van der Waals surface area contributed by atoms with Crippen molar-refractivity contribution in [2.45, 2.75) is 64.7 Å². The summed E-state index contributed by atoms with van der Waals surface area (Å²) in [4.78, 5) is 52.0. The van der Waals surface area contributed by atoms with Crippen molar-refractivity contribution < 1.29 is 55.0 Å². The molecule has 3 amide bonds. The summed E-state index contributed by atoms with van der Waals surface area (Å²) in [6, 6.07) is 19.7. The molecule has 8 rings (SSSR count). The lowest BCUT2D eigenvalue weighted by Crippen LogP contribution is -2.34. The standard InChI is InChI=1S/C24H28N2O6S.C20H24N2O5S.C4H5ClO/c1-4-32-21-12-16(10-11-20(21)31-2)19(14-33(3,29)30)26-13-17-6-5-7-18(22(17)24(26)28)25-23(27)15-8-9-15;1-4-27-18-10-13(8-9-17(18)26-2)16(12-28(3,24)25)22-11-14-6-5-7-15(21)19(14)20(22)23;5-4(6)3-1-2-3/h5-7,10-12,15,19H,4,8-9,13-14H2,1-3H3,(H,25,27);5-10,16H,4,11-12,21H2,1-3H3;3H,1-2H2. The van der Waals surface area contributed by atoms with Gasteiger partial charge in [0.15, 0.2) is 23.0 Å². The second-order valence-electron chi connectivity index (χ2n) is 16.8. The number of nitrogens with one attached hydrogen (secondary N) is 1. The first-order chi connectivity index (χ1) is 31.8. The number of amides is 3. The van der Waals surface area contributed by atoms with E-state index >= 15 is 0 Å². The van der Waals surface area contributed by atoms with Gasteiger partial charge in [-0.3, -0.25) is 19.2 Å². The number of methoxy groups -OCH3 is 2. The van der Waals surface area contributed by atoms with Crippen molar-refractivity contribution in [3.8, 4) is 23.0 Å². The highest BCUT2D eigenvalue weighted by molar-refractivity contribution is 7.90. The van der Waals surface area contributed by atoms with E-state index in [9.17, 15) is 36.0 Å². The Labute approximate surface area is 396 Å². The largest absolute Gasteiger partial charge is 0.493 e. The van der Waals surface area contributed by atoms with Gasteiger partial charge >= 0.3 is 0 Å². The van der Waals surface area contributed by atoms with Crippen molar-refractivity contribution in [3.05, 3.63) is 106 Å². The summed E-state index contributed by atoms with van der Waals surface area (Å²) in [5.74, 6) is 1.19. The van der Waals surface area contributed by atoms with Crippen molar-refractivity contribution in [1.29, 1.82) is 0 Å². The minimum atomic E-state index is -3.43. The fraction of sp³-hybridized carbons (Fsp3) is 0.417. The average molecular weight is 982 g/mol. The van der Waals surface area contributed by atoms with Gasteiger partial charge in [0.05, 0.1) is 67.8 Å². The highest BCUT2D eigenvalue weighted by Gasteiger charge is 2.39. The molecule has 4 aromatic rings. The molecule has 0 bridgehead atoms. The monoisotopic (exact) mass is 980 g/mol. The van der Waals surface area contributed by atoms with Gasteiger partial charge in [-0.05, 0) is 110 Å². The molecular weight excluding hydrogens is 924 g/mol. The van der Waals surface area contributed by atoms with Gasteiger partial charge < -0.3 is 39.8 Å². The second kappa shape index (κ2) is 21.4. The fourth-order valence-corrected chi connectivity index (χ4v) is 10.0. The number of fused-ring (bicyclic) bond motifs is 2.